The molecule has 1 atom stereocenters. The Hall–Kier alpha value is -1.12. The lowest BCUT2D eigenvalue weighted by Crippen LogP contribution is -2.49. The standard InChI is InChI=1S/C12H20N2O3/c1-16-8-5-11-10-17-9-7-14(11)12(15)4-2-3-6-13/h11H,2-5,7-10H2,1H3. The fourth-order valence-corrected chi connectivity index (χ4v) is 1.94. The number of carbonyl (C=O) groups is 1. The molecule has 0 aliphatic carbocycles. The summed E-state index contributed by atoms with van der Waals surface area (Å²) < 4.78 is 10.4. The molecular formula is C12H20N2O3. The van der Waals surface area contributed by atoms with Crippen molar-refractivity contribution in [1.82, 2.24) is 4.90 Å². The fraction of sp³-hybridized carbons (Fsp3) is 0.833. The van der Waals surface area contributed by atoms with E-state index in [1.165, 1.54) is 0 Å². The number of methoxy groups -OCH3 is 1. The van der Waals surface area contributed by atoms with Gasteiger partial charge in [0.15, 0.2) is 0 Å². The van der Waals surface area contributed by atoms with E-state index in [0.717, 1.165) is 6.42 Å². The van der Waals surface area contributed by atoms with Crippen LogP contribution in [0.5, 0.6) is 0 Å². The minimum atomic E-state index is 0.123. The minimum Gasteiger partial charge on any atom is -0.385 e. The first-order chi connectivity index (χ1) is 8.29. The molecule has 1 fully saturated rings. The van der Waals surface area contributed by atoms with E-state index in [-0.39, 0.29) is 11.9 Å². The van der Waals surface area contributed by atoms with Crippen molar-refractivity contribution in [2.45, 2.75) is 31.7 Å². The fourth-order valence-electron chi connectivity index (χ4n) is 1.94. The number of ether oxygens (including phenoxy) is 2. The van der Waals surface area contributed by atoms with Gasteiger partial charge in [-0.25, -0.2) is 0 Å². The smallest absolute Gasteiger partial charge is 0.223 e. The summed E-state index contributed by atoms with van der Waals surface area (Å²) in [6.45, 7) is 2.48. The molecule has 1 unspecified atom stereocenters. The second-order valence-electron chi connectivity index (χ2n) is 4.11. The number of hydrogen-bond acceptors (Lipinski definition) is 4. The first kappa shape index (κ1) is 13.9. The summed E-state index contributed by atoms with van der Waals surface area (Å²) >= 11 is 0. The Labute approximate surface area is 102 Å². The molecule has 0 aromatic rings. The molecule has 1 aliphatic rings. The average molecular weight is 240 g/mol. The third-order valence-corrected chi connectivity index (χ3v) is 2.88. The molecule has 0 radical (unpaired) electrons. The third-order valence-electron chi connectivity index (χ3n) is 2.88. The van der Waals surface area contributed by atoms with Gasteiger partial charge in [-0.1, -0.05) is 0 Å². The molecule has 1 heterocycles. The van der Waals surface area contributed by atoms with E-state index in [2.05, 4.69) is 6.07 Å². The molecule has 1 rings (SSSR count). The molecule has 5 heteroatoms. The van der Waals surface area contributed by atoms with Gasteiger partial charge in [0.25, 0.3) is 0 Å². The Morgan fingerprint density at radius 3 is 3.18 bits per heavy atom. The second-order valence-corrected chi connectivity index (χ2v) is 4.11. The maximum atomic E-state index is 12.0. The van der Waals surface area contributed by atoms with Crippen LogP contribution in [0.2, 0.25) is 0 Å². The Bertz CT molecular complexity index is 275. The van der Waals surface area contributed by atoms with E-state index in [0.29, 0.717) is 45.6 Å². The zero-order valence-electron chi connectivity index (χ0n) is 10.4. The summed E-state index contributed by atoms with van der Waals surface area (Å²) in [4.78, 5) is 13.8. The highest BCUT2D eigenvalue weighted by molar-refractivity contribution is 5.76. The van der Waals surface area contributed by atoms with Crippen molar-refractivity contribution < 1.29 is 14.3 Å². The number of rotatable bonds is 6. The number of unbranched alkanes of at least 4 members (excludes halogenated alkanes) is 1. The van der Waals surface area contributed by atoms with Gasteiger partial charge in [-0.2, -0.15) is 5.26 Å². The van der Waals surface area contributed by atoms with Gasteiger partial charge in [-0.15, -0.1) is 0 Å². The summed E-state index contributed by atoms with van der Waals surface area (Å²) in [6.07, 6.45) is 2.35. The van der Waals surface area contributed by atoms with Crippen LogP contribution in [0.3, 0.4) is 0 Å². The Balaban J connectivity index is 2.40. The van der Waals surface area contributed by atoms with Gasteiger partial charge in [-0.3, -0.25) is 4.79 Å². The van der Waals surface area contributed by atoms with Crippen LogP contribution in [-0.4, -0.2) is 50.3 Å². The molecule has 0 N–H and O–H groups in total. The monoisotopic (exact) mass is 240 g/mol. The predicted molar refractivity (Wildman–Crippen MR) is 62.3 cm³/mol. The second kappa shape index (κ2) is 8.04. The number of hydrogen-bond donors (Lipinski definition) is 0. The predicted octanol–water partition coefficient (Wildman–Crippen LogP) is 0.944. The quantitative estimate of drug-likeness (QED) is 0.648. The molecule has 1 aliphatic heterocycles. The largest absolute Gasteiger partial charge is 0.385 e. The molecule has 0 aromatic carbocycles. The van der Waals surface area contributed by atoms with Gasteiger partial charge in [0.2, 0.25) is 5.91 Å². The SMILES string of the molecule is COCCC1COCCN1C(=O)CCCC#N. The van der Waals surface area contributed by atoms with E-state index in [9.17, 15) is 4.79 Å². The van der Waals surface area contributed by atoms with Crippen molar-refractivity contribution in [3.63, 3.8) is 0 Å². The van der Waals surface area contributed by atoms with Crippen LogP contribution in [-0.2, 0) is 14.3 Å². The maximum absolute atomic E-state index is 12.0. The third kappa shape index (κ3) is 4.72. The van der Waals surface area contributed by atoms with Gasteiger partial charge >= 0.3 is 0 Å². The Morgan fingerprint density at radius 1 is 1.65 bits per heavy atom. The molecule has 0 aromatic heterocycles. The van der Waals surface area contributed by atoms with Crippen LogP contribution in [0.1, 0.15) is 25.7 Å². The lowest BCUT2D eigenvalue weighted by atomic mass is 10.1. The summed E-state index contributed by atoms with van der Waals surface area (Å²) in [5, 5.41) is 8.45. The van der Waals surface area contributed by atoms with Gasteiger partial charge in [0.1, 0.15) is 0 Å². The van der Waals surface area contributed by atoms with Crippen LogP contribution < -0.4 is 0 Å². The van der Waals surface area contributed by atoms with Crippen molar-refractivity contribution in [2.75, 3.05) is 33.5 Å². The lowest BCUT2D eigenvalue weighted by molar-refractivity contribution is -0.140. The molecule has 0 bridgehead atoms. The highest BCUT2D eigenvalue weighted by atomic mass is 16.5. The van der Waals surface area contributed by atoms with Crippen molar-refractivity contribution in [3.8, 4) is 6.07 Å². The van der Waals surface area contributed by atoms with Crippen molar-refractivity contribution >= 4 is 5.91 Å². The number of amides is 1. The molecule has 0 spiro atoms. The van der Waals surface area contributed by atoms with Crippen LogP contribution in [0.25, 0.3) is 0 Å². The van der Waals surface area contributed by atoms with Crippen molar-refractivity contribution in [1.29, 1.82) is 5.26 Å². The molecule has 1 saturated heterocycles. The zero-order chi connectivity index (χ0) is 12.5. The maximum Gasteiger partial charge on any atom is 0.223 e. The number of morpholine rings is 1. The first-order valence-corrected chi connectivity index (χ1v) is 6.02. The number of nitriles is 1. The van der Waals surface area contributed by atoms with Crippen LogP contribution >= 0.6 is 0 Å². The zero-order valence-corrected chi connectivity index (χ0v) is 10.4. The molecule has 96 valence electrons. The van der Waals surface area contributed by atoms with Gasteiger partial charge in [0, 0.05) is 33.1 Å². The molecule has 1 amide bonds. The summed E-state index contributed by atoms with van der Waals surface area (Å²) in [5.74, 6) is 0.129. The number of nitrogens with zero attached hydrogens (tertiary/aromatic N) is 2. The van der Waals surface area contributed by atoms with Gasteiger partial charge in [-0.05, 0) is 12.8 Å². The Morgan fingerprint density at radius 2 is 2.47 bits per heavy atom. The topological polar surface area (TPSA) is 62.6 Å². The van der Waals surface area contributed by atoms with Crippen molar-refractivity contribution in [3.05, 3.63) is 0 Å². The minimum absolute atomic E-state index is 0.123. The lowest BCUT2D eigenvalue weighted by Gasteiger charge is -2.35. The summed E-state index contributed by atoms with van der Waals surface area (Å²) in [7, 11) is 1.66. The van der Waals surface area contributed by atoms with E-state index < -0.39 is 0 Å². The number of carbonyl (C=O) groups excluding carboxylic acids is 1. The van der Waals surface area contributed by atoms with E-state index in [4.69, 9.17) is 14.7 Å². The summed E-state index contributed by atoms with van der Waals surface area (Å²) in [6, 6.07) is 2.18. The van der Waals surface area contributed by atoms with Gasteiger partial charge in [0.05, 0.1) is 25.3 Å². The van der Waals surface area contributed by atoms with E-state index in [1.807, 2.05) is 4.90 Å². The summed E-state index contributed by atoms with van der Waals surface area (Å²) in [5.41, 5.74) is 0. The molecule has 17 heavy (non-hydrogen) atoms. The van der Waals surface area contributed by atoms with Crippen LogP contribution in [0.15, 0.2) is 0 Å². The van der Waals surface area contributed by atoms with E-state index >= 15 is 0 Å². The average Bonchev–Trinajstić information content (AvgIpc) is 2.37. The normalized spacial score (nSPS) is 20.0. The van der Waals surface area contributed by atoms with Crippen molar-refractivity contribution in [2.24, 2.45) is 0 Å². The molecule has 5 nitrogen and oxygen atoms in total. The highest BCUT2D eigenvalue weighted by Gasteiger charge is 2.26. The highest BCUT2D eigenvalue weighted by Crippen LogP contribution is 2.13. The van der Waals surface area contributed by atoms with E-state index in [1.54, 1.807) is 7.11 Å². The molecule has 0 saturated carbocycles. The molecular weight excluding hydrogens is 220 g/mol. The van der Waals surface area contributed by atoms with Gasteiger partial charge < -0.3 is 14.4 Å². The van der Waals surface area contributed by atoms with Crippen LogP contribution in [0.4, 0.5) is 0 Å². The van der Waals surface area contributed by atoms with Crippen LogP contribution in [0, 0.1) is 11.3 Å². The first-order valence-electron chi connectivity index (χ1n) is 6.02. The Kier molecular flexibility index (Phi) is 6.60.